The van der Waals surface area contributed by atoms with Crippen molar-refractivity contribution in [3.05, 3.63) is 12.7 Å². The number of allylic oxidation sites excluding steroid dienone is 1. The maximum Gasteiger partial charge on any atom is 0.364 e. The fourth-order valence-electron chi connectivity index (χ4n) is 6.01. The fourth-order valence-corrected chi connectivity index (χ4v) is 6.01. The van der Waals surface area contributed by atoms with Gasteiger partial charge in [-0.25, -0.2) is 4.79 Å². The van der Waals surface area contributed by atoms with E-state index in [4.69, 9.17) is 28.4 Å². The van der Waals surface area contributed by atoms with Gasteiger partial charge in [-0.05, 0) is 12.8 Å². The summed E-state index contributed by atoms with van der Waals surface area (Å²) in [5.74, 6) is -6.00. The van der Waals surface area contributed by atoms with Crippen molar-refractivity contribution in [2.45, 2.75) is 131 Å². The number of carboxylic acid groups (broad SMARTS) is 1. The highest BCUT2D eigenvalue weighted by atomic mass is 16.8. The van der Waals surface area contributed by atoms with E-state index >= 15 is 0 Å². The first-order chi connectivity index (χ1) is 24.0. The highest BCUT2D eigenvalue weighted by molar-refractivity contribution is 5.76. The lowest BCUT2D eigenvalue weighted by atomic mass is 9.88. The lowest BCUT2D eigenvalue weighted by Gasteiger charge is -2.48. The molecule has 0 radical (unpaired) electrons. The molecule has 3 aliphatic rings. The molecule has 3 saturated heterocycles. The number of carbonyl (C=O) groups is 3. The Bertz CT molecular complexity index is 1170. The molecule has 3 heterocycles. The third kappa shape index (κ3) is 10.4. The van der Waals surface area contributed by atoms with Crippen LogP contribution in [0, 0.1) is 0 Å². The van der Waals surface area contributed by atoms with Crippen LogP contribution in [0.5, 0.6) is 0 Å². The number of rotatable bonds is 17. The highest BCUT2D eigenvalue weighted by Gasteiger charge is 2.57. The zero-order chi connectivity index (χ0) is 38.2. The van der Waals surface area contributed by atoms with Crippen LogP contribution in [0.4, 0.5) is 0 Å². The second-order valence-corrected chi connectivity index (χ2v) is 12.5. The molecule has 294 valence electrons. The monoisotopic (exact) mass is 742 g/mol. The van der Waals surface area contributed by atoms with Crippen LogP contribution in [0.25, 0.3) is 0 Å². The van der Waals surface area contributed by atoms with Crippen LogP contribution in [0.1, 0.15) is 33.1 Å². The topological polar surface area (TPSA) is 333 Å². The minimum atomic E-state index is -2.84. The zero-order valence-corrected chi connectivity index (χ0v) is 28.0. The predicted octanol–water partition coefficient (Wildman–Crippen LogP) is -6.09. The number of aliphatic carboxylic acids is 1. The van der Waals surface area contributed by atoms with Gasteiger partial charge < -0.3 is 90.1 Å². The van der Waals surface area contributed by atoms with Gasteiger partial charge in [0, 0.05) is 20.3 Å². The van der Waals surface area contributed by atoms with Gasteiger partial charge in [-0.15, -0.1) is 6.58 Å². The number of ether oxygens (including phenoxy) is 6. The van der Waals surface area contributed by atoms with E-state index in [1.54, 1.807) is 6.08 Å². The normalized spacial score (nSPS) is 39.8. The summed E-state index contributed by atoms with van der Waals surface area (Å²) >= 11 is 0. The number of aliphatic hydroxyl groups excluding tert-OH is 9. The Balaban J connectivity index is 1.82. The van der Waals surface area contributed by atoms with Crippen molar-refractivity contribution in [1.29, 1.82) is 0 Å². The second kappa shape index (κ2) is 19.0. The maximum atomic E-state index is 12.5. The standard InChI is InChI=1S/C30H50N2O19/c1-4-5-6-7-46-27-19(32-13(3)36)22(41)25(16(10-34)48-27)50-28-24(43)23(42)21(40)17(49-28)11-47-30(29(44)45)8-14(37)18(31-12(2)35)26(51-30)20(39)15(38)9-33/h4,14-28,33-34,37-43H,1,5-11H2,2-3H3,(H,31,35)(H,32,36)(H,44,45)/t14-,15+,16+,17+,18+,19+,20+,21-,22+,23-,24+,25+,26?,27+,28-,30+/m0/s1. The second-order valence-electron chi connectivity index (χ2n) is 12.5. The SMILES string of the molecule is C=CCCCO[C@@H]1O[C@H](CO)[C@@H](O[C@@H]2O[C@H](CO[C@]3(C(=O)O)C[C@H](O)[C@@H](NC(C)=O)C([C@H](O)[C@H](O)CO)O3)[C@H](O)[C@H](O)[C@H]2O)[C@H](O)[C@H]1NC(C)=O. The Labute approximate surface area is 292 Å². The molecular weight excluding hydrogens is 692 g/mol. The van der Waals surface area contributed by atoms with Gasteiger partial charge in [-0.2, -0.15) is 0 Å². The number of amides is 2. The Morgan fingerprint density at radius 1 is 0.922 bits per heavy atom. The number of unbranched alkanes of at least 4 members (excludes halogenated alkanes) is 1. The minimum absolute atomic E-state index is 0.133. The third-order valence-corrected chi connectivity index (χ3v) is 8.68. The van der Waals surface area contributed by atoms with E-state index in [2.05, 4.69) is 17.2 Å². The third-order valence-electron chi connectivity index (χ3n) is 8.68. The van der Waals surface area contributed by atoms with E-state index in [1.165, 1.54) is 6.92 Å². The van der Waals surface area contributed by atoms with Crippen molar-refractivity contribution in [2.75, 3.05) is 26.4 Å². The van der Waals surface area contributed by atoms with Crippen molar-refractivity contribution >= 4 is 17.8 Å². The van der Waals surface area contributed by atoms with Crippen LogP contribution in [0.2, 0.25) is 0 Å². The van der Waals surface area contributed by atoms with Crippen LogP contribution in [-0.4, -0.2) is 193 Å². The number of aliphatic hydroxyl groups is 9. The average molecular weight is 743 g/mol. The van der Waals surface area contributed by atoms with Gasteiger partial charge in [0.05, 0.1) is 38.6 Å². The van der Waals surface area contributed by atoms with Crippen LogP contribution in [-0.2, 0) is 42.8 Å². The van der Waals surface area contributed by atoms with Crippen molar-refractivity contribution < 1.29 is 93.9 Å². The summed E-state index contributed by atoms with van der Waals surface area (Å²) in [7, 11) is 0. The summed E-state index contributed by atoms with van der Waals surface area (Å²) in [5, 5.41) is 109. The molecule has 21 heteroatoms. The number of nitrogens with one attached hydrogen (secondary N) is 2. The summed E-state index contributed by atoms with van der Waals surface area (Å²) in [6, 6.07) is -2.74. The van der Waals surface area contributed by atoms with Crippen LogP contribution in [0.15, 0.2) is 12.7 Å². The van der Waals surface area contributed by atoms with Crippen molar-refractivity contribution in [3.8, 4) is 0 Å². The molecule has 51 heavy (non-hydrogen) atoms. The molecule has 0 aromatic heterocycles. The molecule has 21 nitrogen and oxygen atoms in total. The van der Waals surface area contributed by atoms with E-state index in [9.17, 15) is 65.4 Å². The first-order valence-corrected chi connectivity index (χ1v) is 16.3. The molecule has 12 N–H and O–H groups in total. The van der Waals surface area contributed by atoms with E-state index in [-0.39, 0.29) is 6.61 Å². The number of carboxylic acids is 1. The molecular formula is C30H50N2O19. The number of carbonyl (C=O) groups excluding carboxylic acids is 2. The van der Waals surface area contributed by atoms with Gasteiger partial charge in [0.2, 0.25) is 11.8 Å². The van der Waals surface area contributed by atoms with Crippen molar-refractivity contribution in [3.63, 3.8) is 0 Å². The van der Waals surface area contributed by atoms with Crippen molar-refractivity contribution in [1.82, 2.24) is 10.6 Å². The predicted molar refractivity (Wildman–Crippen MR) is 165 cm³/mol. The van der Waals surface area contributed by atoms with Gasteiger partial charge in [-0.1, -0.05) is 6.08 Å². The lowest BCUT2D eigenvalue weighted by molar-refractivity contribution is -0.360. The first-order valence-electron chi connectivity index (χ1n) is 16.3. The van der Waals surface area contributed by atoms with Gasteiger partial charge >= 0.3 is 5.97 Å². The molecule has 2 amide bonds. The molecule has 3 fully saturated rings. The summed E-state index contributed by atoms with van der Waals surface area (Å²) in [5.41, 5.74) is 0. The van der Waals surface area contributed by atoms with Gasteiger partial charge in [0.25, 0.3) is 5.79 Å². The molecule has 0 spiro atoms. The Hall–Kier alpha value is -2.45. The molecule has 0 saturated carbocycles. The fraction of sp³-hybridized carbons (Fsp3) is 0.833. The van der Waals surface area contributed by atoms with E-state index in [0.717, 1.165) is 6.92 Å². The first kappa shape index (κ1) is 43.0. The highest BCUT2D eigenvalue weighted by Crippen LogP contribution is 2.35. The average Bonchev–Trinajstić information content (AvgIpc) is 3.08. The Morgan fingerprint density at radius 2 is 1.55 bits per heavy atom. The van der Waals surface area contributed by atoms with Crippen LogP contribution in [0.3, 0.4) is 0 Å². The van der Waals surface area contributed by atoms with E-state index in [0.29, 0.717) is 12.8 Å². The quantitative estimate of drug-likeness (QED) is 0.0487. The molecule has 3 aliphatic heterocycles. The molecule has 0 aliphatic carbocycles. The molecule has 0 aromatic rings. The van der Waals surface area contributed by atoms with Crippen LogP contribution < -0.4 is 10.6 Å². The van der Waals surface area contributed by atoms with Crippen molar-refractivity contribution in [2.24, 2.45) is 0 Å². The minimum Gasteiger partial charge on any atom is -0.477 e. The lowest BCUT2D eigenvalue weighted by Crippen LogP contribution is -2.69. The van der Waals surface area contributed by atoms with Crippen LogP contribution >= 0.6 is 0 Å². The summed E-state index contributed by atoms with van der Waals surface area (Å²) in [4.78, 5) is 36.3. The van der Waals surface area contributed by atoms with E-state index in [1.807, 2.05) is 0 Å². The summed E-state index contributed by atoms with van der Waals surface area (Å²) in [6.45, 7) is 3.25. The number of hydrogen-bond acceptors (Lipinski definition) is 18. The van der Waals surface area contributed by atoms with E-state index < -0.39 is 142 Å². The van der Waals surface area contributed by atoms with Gasteiger partial charge in [0.1, 0.15) is 67.1 Å². The maximum absolute atomic E-state index is 12.5. The molecule has 0 bridgehead atoms. The van der Waals surface area contributed by atoms with Gasteiger partial charge in [-0.3, -0.25) is 9.59 Å². The largest absolute Gasteiger partial charge is 0.477 e. The summed E-state index contributed by atoms with van der Waals surface area (Å²) in [6.07, 6.45) is -21.2. The molecule has 0 aromatic carbocycles. The molecule has 16 atom stereocenters. The smallest absolute Gasteiger partial charge is 0.364 e. The Kier molecular flexibility index (Phi) is 16.0. The molecule has 1 unspecified atom stereocenters. The molecule has 3 rings (SSSR count). The summed E-state index contributed by atoms with van der Waals surface area (Å²) < 4.78 is 33.9. The van der Waals surface area contributed by atoms with Gasteiger partial charge in [0.15, 0.2) is 12.6 Å². The zero-order valence-electron chi connectivity index (χ0n) is 28.0. The Morgan fingerprint density at radius 3 is 2.12 bits per heavy atom. The number of hydrogen-bond donors (Lipinski definition) is 12.